The molecule has 114 valence electrons. The number of nitrogens with zero attached hydrogens (tertiary/aromatic N) is 2. The average Bonchev–Trinajstić information content (AvgIpc) is 3.03. The van der Waals surface area contributed by atoms with E-state index in [2.05, 4.69) is 15.1 Å². The molecule has 0 saturated heterocycles. The van der Waals surface area contributed by atoms with E-state index in [1.807, 2.05) is 30.3 Å². The summed E-state index contributed by atoms with van der Waals surface area (Å²) in [7, 11) is 1.58. The van der Waals surface area contributed by atoms with Crippen LogP contribution in [-0.2, 0) is 9.05 Å². The van der Waals surface area contributed by atoms with Crippen LogP contribution >= 0.6 is 10.7 Å². The Kier molecular flexibility index (Phi) is 3.54. The van der Waals surface area contributed by atoms with E-state index in [1.54, 1.807) is 13.8 Å². The molecule has 0 saturated carbocycles. The maximum absolute atomic E-state index is 11.8. The third kappa shape index (κ3) is 2.53. The van der Waals surface area contributed by atoms with E-state index in [1.165, 1.54) is 0 Å². The summed E-state index contributed by atoms with van der Waals surface area (Å²) in [6.07, 6.45) is 0. The van der Waals surface area contributed by atoms with Gasteiger partial charge in [0.2, 0.25) is 5.82 Å². The second kappa shape index (κ2) is 5.26. The van der Waals surface area contributed by atoms with E-state index in [0.717, 1.165) is 5.56 Å². The minimum atomic E-state index is -3.93. The van der Waals surface area contributed by atoms with Gasteiger partial charge in [0, 0.05) is 27.6 Å². The number of halogens is 1. The predicted molar refractivity (Wildman–Crippen MR) is 82.0 cm³/mol. The Morgan fingerprint density at radius 3 is 2.45 bits per heavy atom. The second-order valence-corrected chi connectivity index (χ2v) is 7.31. The van der Waals surface area contributed by atoms with Gasteiger partial charge >= 0.3 is 0 Å². The van der Waals surface area contributed by atoms with Crippen LogP contribution in [0.15, 0.2) is 39.8 Å². The summed E-state index contributed by atoms with van der Waals surface area (Å²) >= 11 is 0. The van der Waals surface area contributed by atoms with E-state index in [9.17, 15) is 8.42 Å². The Hall–Kier alpha value is -2.12. The van der Waals surface area contributed by atoms with Crippen LogP contribution in [0.1, 0.15) is 11.4 Å². The van der Waals surface area contributed by atoms with Gasteiger partial charge in [-0.05, 0) is 13.8 Å². The lowest BCUT2D eigenvalue weighted by atomic mass is 10.2. The fraction of sp³-hybridized carbons (Fsp3) is 0.143. The lowest BCUT2D eigenvalue weighted by Crippen LogP contribution is -1.94. The van der Waals surface area contributed by atoms with Gasteiger partial charge in [-0.25, -0.2) is 8.42 Å². The molecule has 8 heteroatoms. The minimum absolute atomic E-state index is 0.0325. The molecule has 0 unspecified atom stereocenters. The van der Waals surface area contributed by atoms with Gasteiger partial charge in [0.15, 0.2) is 0 Å². The van der Waals surface area contributed by atoms with Crippen LogP contribution in [0.2, 0.25) is 0 Å². The molecule has 0 amide bonds. The average molecular weight is 338 g/mol. The highest BCUT2D eigenvalue weighted by Crippen LogP contribution is 2.35. The van der Waals surface area contributed by atoms with E-state index in [0.29, 0.717) is 22.8 Å². The summed E-state index contributed by atoms with van der Waals surface area (Å²) in [4.78, 5) is 7.18. The van der Waals surface area contributed by atoms with E-state index in [-0.39, 0.29) is 10.8 Å². The zero-order valence-corrected chi connectivity index (χ0v) is 13.4. The molecule has 2 heterocycles. The summed E-state index contributed by atoms with van der Waals surface area (Å²) in [5.74, 6) is 0.492. The van der Waals surface area contributed by atoms with Crippen molar-refractivity contribution in [1.82, 2.24) is 15.1 Å². The molecular weight excluding hydrogens is 326 g/mol. The number of aryl methyl sites for hydroxylation is 2. The first-order valence-corrected chi connectivity index (χ1v) is 8.72. The molecule has 0 fully saturated rings. The van der Waals surface area contributed by atoms with Gasteiger partial charge in [-0.1, -0.05) is 35.5 Å². The first-order valence-electron chi connectivity index (χ1n) is 6.41. The van der Waals surface area contributed by atoms with Crippen LogP contribution in [-0.4, -0.2) is 23.5 Å². The van der Waals surface area contributed by atoms with Crippen LogP contribution in [0, 0.1) is 13.8 Å². The summed E-state index contributed by atoms with van der Waals surface area (Å²) in [5, 5.41) is 3.90. The third-order valence-corrected chi connectivity index (χ3v) is 4.69. The number of aromatic nitrogens is 3. The monoisotopic (exact) mass is 337 g/mol. The normalized spacial score (nSPS) is 11.8. The van der Waals surface area contributed by atoms with Crippen LogP contribution in [0.5, 0.6) is 0 Å². The Balaban J connectivity index is 2.16. The number of benzene rings is 1. The van der Waals surface area contributed by atoms with Crippen LogP contribution in [0.3, 0.4) is 0 Å². The number of nitrogens with one attached hydrogen (secondary N) is 1. The highest BCUT2D eigenvalue weighted by Gasteiger charge is 2.27. The van der Waals surface area contributed by atoms with Crippen LogP contribution < -0.4 is 0 Å². The number of aromatic amines is 1. The SMILES string of the molecule is Cc1[nH]c(C)c(S(=O)(=O)Cl)c1-c1nc(-c2ccccc2)no1. The van der Waals surface area contributed by atoms with Crippen LogP contribution in [0.4, 0.5) is 0 Å². The molecule has 0 radical (unpaired) electrons. The maximum atomic E-state index is 11.8. The molecule has 0 bridgehead atoms. The molecule has 22 heavy (non-hydrogen) atoms. The fourth-order valence-electron chi connectivity index (χ4n) is 2.35. The molecule has 6 nitrogen and oxygen atoms in total. The first-order chi connectivity index (χ1) is 10.4. The van der Waals surface area contributed by atoms with Crippen molar-refractivity contribution in [3.8, 4) is 22.8 Å². The summed E-state index contributed by atoms with van der Waals surface area (Å²) in [6.45, 7) is 3.35. The van der Waals surface area contributed by atoms with Crippen molar-refractivity contribution in [1.29, 1.82) is 0 Å². The van der Waals surface area contributed by atoms with Gasteiger partial charge in [-0.15, -0.1) is 0 Å². The topological polar surface area (TPSA) is 88.9 Å². The van der Waals surface area contributed by atoms with Gasteiger partial charge in [0.1, 0.15) is 4.90 Å². The molecule has 3 aromatic rings. The smallest absolute Gasteiger partial charge is 0.263 e. The van der Waals surface area contributed by atoms with Gasteiger partial charge in [0.25, 0.3) is 14.9 Å². The van der Waals surface area contributed by atoms with E-state index in [4.69, 9.17) is 15.2 Å². The lowest BCUT2D eigenvalue weighted by molar-refractivity contribution is 0.431. The molecule has 0 aliphatic carbocycles. The molecule has 1 aromatic carbocycles. The largest absolute Gasteiger partial charge is 0.361 e. The summed E-state index contributed by atoms with van der Waals surface area (Å²) < 4.78 is 28.8. The lowest BCUT2D eigenvalue weighted by Gasteiger charge is -1.98. The Morgan fingerprint density at radius 2 is 1.82 bits per heavy atom. The van der Waals surface area contributed by atoms with Gasteiger partial charge in [0.05, 0.1) is 5.56 Å². The number of hydrogen-bond acceptors (Lipinski definition) is 5. The van der Waals surface area contributed by atoms with Crippen molar-refractivity contribution in [2.24, 2.45) is 0 Å². The van der Waals surface area contributed by atoms with Crippen molar-refractivity contribution >= 4 is 19.7 Å². The van der Waals surface area contributed by atoms with Crippen molar-refractivity contribution in [3.63, 3.8) is 0 Å². The first kappa shape index (κ1) is 14.8. The maximum Gasteiger partial charge on any atom is 0.263 e. The van der Waals surface area contributed by atoms with Gasteiger partial charge in [-0.2, -0.15) is 4.98 Å². The Labute approximate surface area is 131 Å². The quantitative estimate of drug-likeness (QED) is 0.741. The molecule has 0 atom stereocenters. The molecular formula is C14H12ClN3O3S. The van der Waals surface area contributed by atoms with Crippen molar-refractivity contribution in [3.05, 3.63) is 41.7 Å². The molecule has 0 aliphatic rings. The van der Waals surface area contributed by atoms with E-state index >= 15 is 0 Å². The number of rotatable bonds is 3. The summed E-state index contributed by atoms with van der Waals surface area (Å²) in [6, 6.07) is 9.26. The number of hydrogen-bond donors (Lipinski definition) is 1. The zero-order valence-electron chi connectivity index (χ0n) is 11.8. The zero-order chi connectivity index (χ0) is 15.9. The van der Waals surface area contributed by atoms with Gasteiger partial charge < -0.3 is 9.51 Å². The number of H-pyrrole nitrogens is 1. The molecule has 2 aromatic heterocycles. The Bertz CT molecular complexity index is 930. The van der Waals surface area contributed by atoms with Crippen LogP contribution in [0.25, 0.3) is 22.8 Å². The van der Waals surface area contributed by atoms with E-state index < -0.39 is 9.05 Å². The van der Waals surface area contributed by atoms with Crippen molar-refractivity contribution in [2.45, 2.75) is 18.7 Å². The fourth-order valence-corrected chi connectivity index (χ4v) is 3.83. The standard InChI is InChI=1S/C14H12ClN3O3S/c1-8-11(12(9(2)16-8)22(15,19)20)14-17-13(18-21-14)10-6-4-3-5-7-10/h3-7,16H,1-2H3. The van der Waals surface area contributed by atoms with Crippen molar-refractivity contribution < 1.29 is 12.9 Å². The second-order valence-electron chi connectivity index (χ2n) is 4.81. The minimum Gasteiger partial charge on any atom is -0.361 e. The van der Waals surface area contributed by atoms with Crippen molar-refractivity contribution in [2.75, 3.05) is 0 Å². The molecule has 0 spiro atoms. The van der Waals surface area contributed by atoms with Gasteiger partial charge in [-0.3, -0.25) is 0 Å². The molecule has 0 aliphatic heterocycles. The Morgan fingerprint density at radius 1 is 1.14 bits per heavy atom. The highest BCUT2D eigenvalue weighted by molar-refractivity contribution is 8.13. The molecule has 3 rings (SSSR count). The predicted octanol–water partition coefficient (Wildman–Crippen LogP) is 3.28. The summed E-state index contributed by atoms with van der Waals surface area (Å²) in [5.41, 5.74) is 2.11. The molecule has 1 N–H and O–H groups in total. The highest BCUT2D eigenvalue weighted by atomic mass is 35.7. The third-order valence-electron chi connectivity index (χ3n) is 3.23.